The van der Waals surface area contributed by atoms with Crippen molar-refractivity contribution in [2.24, 2.45) is 0 Å². The monoisotopic (exact) mass is 353 g/mol. The number of thiophene rings is 1. The predicted molar refractivity (Wildman–Crippen MR) is 85.9 cm³/mol. The SMILES string of the molecule is Fc1ccc(C(CNC2CC2)Cc2cc(Br)cs2)cc1. The minimum Gasteiger partial charge on any atom is -0.313 e. The van der Waals surface area contributed by atoms with E-state index in [4.69, 9.17) is 0 Å². The van der Waals surface area contributed by atoms with Gasteiger partial charge in [-0.05, 0) is 59.0 Å². The molecule has 0 bridgehead atoms. The Bertz CT molecular complexity index is 562. The van der Waals surface area contributed by atoms with Crippen molar-refractivity contribution in [2.75, 3.05) is 6.54 Å². The number of hydrogen-bond acceptors (Lipinski definition) is 2. The van der Waals surface area contributed by atoms with Crippen LogP contribution in [0, 0.1) is 5.82 Å². The molecular formula is C16H17BrFNS. The van der Waals surface area contributed by atoms with E-state index in [1.165, 1.54) is 23.3 Å². The van der Waals surface area contributed by atoms with E-state index in [0.717, 1.165) is 17.4 Å². The number of nitrogens with one attached hydrogen (secondary N) is 1. The summed E-state index contributed by atoms with van der Waals surface area (Å²) in [6.45, 7) is 0.964. The number of benzene rings is 1. The van der Waals surface area contributed by atoms with Gasteiger partial charge in [-0.25, -0.2) is 4.39 Å². The molecule has 1 aliphatic carbocycles. The van der Waals surface area contributed by atoms with Crippen LogP contribution >= 0.6 is 27.3 Å². The molecule has 1 aromatic carbocycles. The van der Waals surface area contributed by atoms with Gasteiger partial charge in [-0.1, -0.05) is 12.1 Å². The fourth-order valence-corrected chi connectivity index (χ4v) is 3.88. The summed E-state index contributed by atoms with van der Waals surface area (Å²) in [7, 11) is 0. The Morgan fingerprint density at radius 1 is 1.30 bits per heavy atom. The van der Waals surface area contributed by atoms with Crippen LogP contribution in [0.5, 0.6) is 0 Å². The van der Waals surface area contributed by atoms with Crippen LogP contribution < -0.4 is 5.32 Å². The van der Waals surface area contributed by atoms with Gasteiger partial charge >= 0.3 is 0 Å². The highest BCUT2D eigenvalue weighted by molar-refractivity contribution is 9.10. The fraction of sp³-hybridized carbons (Fsp3) is 0.375. The van der Waals surface area contributed by atoms with E-state index in [9.17, 15) is 4.39 Å². The van der Waals surface area contributed by atoms with Crippen LogP contribution in [-0.2, 0) is 6.42 Å². The maximum atomic E-state index is 13.1. The third kappa shape index (κ3) is 3.90. The standard InChI is InChI=1S/C16H17BrFNS/c17-13-8-16(20-10-13)7-12(9-19-15-5-6-15)11-1-3-14(18)4-2-11/h1-4,8,10,12,15,19H,5-7,9H2. The minimum absolute atomic E-state index is 0.165. The van der Waals surface area contributed by atoms with E-state index in [1.807, 2.05) is 12.1 Å². The molecule has 1 fully saturated rings. The normalized spacial score (nSPS) is 16.3. The van der Waals surface area contributed by atoms with Crippen LogP contribution in [0.4, 0.5) is 4.39 Å². The number of rotatable bonds is 6. The molecule has 1 heterocycles. The summed E-state index contributed by atoms with van der Waals surface area (Å²) in [6, 6.07) is 9.83. The molecule has 1 saturated carbocycles. The smallest absolute Gasteiger partial charge is 0.123 e. The first-order valence-corrected chi connectivity index (χ1v) is 8.60. The van der Waals surface area contributed by atoms with Crippen molar-refractivity contribution in [2.45, 2.75) is 31.2 Å². The van der Waals surface area contributed by atoms with Crippen molar-refractivity contribution in [3.8, 4) is 0 Å². The summed E-state index contributed by atoms with van der Waals surface area (Å²) in [5, 5.41) is 5.71. The molecule has 0 aliphatic heterocycles. The van der Waals surface area contributed by atoms with Gasteiger partial charge in [-0.15, -0.1) is 11.3 Å². The van der Waals surface area contributed by atoms with Crippen LogP contribution in [-0.4, -0.2) is 12.6 Å². The molecular weight excluding hydrogens is 337 g/mol. The second-order valence-electron chi connectivity index (χ2n) is 5.37. The van der Waals surface area contributed by atoms with Gasteiger partial charge in [0.05, 0.1) is 0 Å². The Morgan fingerprint density at radius 3 is 2.65 bits per heavy atom. The second kappa shape index (κ2) is 6.37. The first kappa shape index (κ1) is 14.2. The topological polar surface area (TPSA) is 12.0 Å². The third-order valence-corrected chi connectivity index (χ3v) is 5.36. The summed E-state index contributed by atoms with van der Waals surface area (Å²) in [4.78, 5) is 1.36. The van der Waals surface area contributed by atoms with Crippen molar-refractivity contribution in [3.63, 3.8) is 0 Å². The van der Waals surface area contributed by atoms with Gasteiger partial charge in [-0.3, -0.25) is 0 Å². The second-order valence-corrected chi connectivity index (χ2v) is 7.28. The molecule has 3 rings (SSSR count). The van der Waals surface area contributed by atoms with E-state index in [0.29, 0.717) is 12.0 Å². The highest BCUT2D eigenvalue weighted by atomic mass is 79.9. The Morgan fingerprint density at radius 2 is 2.05 bits per heavy atom. The van der Waals surface area contributed by atoms with Gasteiger partial charge in [0.1, 0.15) is 5.82 Å². The van der Waals surface area contributed by atoms with Crippen molar-refractivity contribution in [1.29, 1.82) is 0 Å². The lowest BCUT2D eigenvalue weighted by Crippen LogP contribution is -2.24. The van der Waals surface area contributed by atoms with Gasteiger partial charge in [0, 0.05) is 33.2 Å². The molecule has 0 radical (unpaired) electrons. The molecule has 1 N–H and O–H groups in total. The quantitative estimate of drug-likeness (QED) is 0.791. The van der Waals surface area contributed by atoms with Gasteiger partial charge in [0.25, 0.3) is 0 Å². The van der Waals surface area contributed by atoms with E-state index >= 15 is 0 Å². The van der Waals surface area contributed by atoms with E-state index < -0.39 is 0 Å². The Balaban J connectivity index is 1.73. The molecule has 1 atom stereocenters. The zero-order chi connectivity index (χ0) is 13.9. The van der Waals surface area contributed by atoms with Crippen molar-refractivity contribution < 1.29 is 4.39 Å². The van der Waals surface area contributed by atoms with E-state index in [-0.39, 0.29) is 5.82 Å². The van der Waals surface area contributed by atoms with Gasteiger partial charge in [0.2, 0.25) is 0 Å². The average Bonchev–Trinajstić information content (AvgIpc) is 3.18. The summed E-state index contributed by atoms with van der Waals surface area (Å²) >= 11 is 5.28. The summed E-state index contributed by atoms with van der Waals surface area (Å²) in [6.07, 6.45) is 3.59. The lowest BCUT2D eigenvalue weighted by Gasteiger charge is -2.17. The van der Waals surface area contributed by atoms with Crippen molar-refractivity contribution in [3.05, 3.63) is 56.4 Å². The fourth-order valence-electron chi connectivity index (χ4n) is 2.34. The van der Waals surface area contributed by atoms with Gasteiger partial charge in [0.15, 0.2) is 0 Å². The summed E-state index contributed by atoms with van der Waals surface area (Å²) < 4.78 is 14.2. The summed E-state index contributed by atoms with van der Waals surface area (Å²) in [5.74, 6) is 0.239. The molecule has 1 nitrogen and oxygen atoms in total. The van der Waals surface area contributed by atoms with Crippen LogP contribution in [0.15, 0.2) is 40.2 Å². The zero-order valence-electron chi connectivity index (χ0n) is 11.1. The molecule has 0 saturated heterocycles. The molecule has 1 aromatic heterocycles. The molecule has 0 spiro atoms. The highest BCUT2D eigenvalue weighted by Gasteiger charge is 2.23. The number of halogens is 2. The minimum atomic E-state index is -0.165. The van der Waals surface area contributed by atoms with Crippen LogP contribution in [0.3, 0.4) is 0 Å². The number of hydrogen-bond donors (Lipinski definition) is 1. The lowest BCUT2D eigenvalue weighted by atomic mass is 9.95. The molecule has 0 amide bonds. The molecule has 1 aliphatic rings. The molecule has 4 heteroatoms. The molecule has 2 aromatic rings. The molecule has 20 heavy (non-hydrogen) atoms. The van der Waals surface area contributed by atoms with Gasteiger partial charge < -0.3 is 5.32 Å². The van der Waals surface area contributed by atoms with E-state index in [2.05, 4.69) is 32.7 Å². The lowest BCUT2D eigenvalue weighted by molar-refractivity contribution is 0.576. The van der Waals surface area contributed by atoms with Crippen LogP contribution in [0.25, 0.3) is 0 Å². The van der Waals surface area contributed by atoms with Crippen molar-refractivity contribution in [1.82, 2.24) is 5.32 Å². The zero-order valence-corrected chi connectivity index (χ0v) is 13.5. The Labute approximate surface area is 131 Å². The first-order valence-electron chi connectivity index (χ1n) is 6.92. The highest BCUT2D eigenvalue weighted by Crippen LogP contribution is 2.28. The Hall–Kier alpha value is -0.710. The van der Waals surface area contributed by atoms with Crippen LogP contribution in [0.2, 0.25) is 0 Å². The van der Waals surface area contributed by atoms with Crippen LogP contribution in [0.1, 0.15) is 29.2 Å². The first-order chi connectivity index (χ1) is 9.70. The maximum Gasteiger partial charge on any atom is 0.123 e. The largest absolute Gasteiger partial charge is 0.313 e. The molecule has 1 unspecified atom stereocenters. The third-order valence-electron chi connectivity index (χ3n) is 3.64. The van der Waals surface area contributed by atoms with E-state index in [1.54, 1.807) is 23.5 Å². The van der Waals surface area contributed by atoms with Crippen molar-refractivity contribution >= 4 is 27.3 Å². The average molecular weight is 354 g/mol. The Kier molecular flexibility index (Phi) is 4.54. The maximum absolute atomic E-state index is 13.1. The van der Waals surface area contributed by atoms with Gasteiger partial charge in [-0.2, -0.15) is 0 Å². The summed E-state index contributed by atoms with van der Waals surface area (Å²) in [5.41, 5.74) is 1.21. The predicted octanol–water partition coefficient (Wildman–Crippen LogP) is 4.73. The molecule has 106 valence electrons.